The highest BCUT2D eigenvalue weighted by Gasteiger charge is 2.31. The molecule has 1 aliphatic carbocycles. The van der Waals surface area contributed by atoms with Gasteiger partial charge in [-0.3, -0.25) is 9.20 Å². The molecule has 1 atom stereocenters. The maximum Gasteiger partial charge on any atom is 0.253 e. The lowest BCUT2D eigenvalue weighted by atomic mass is 10.2. The number of nitrogens with zero attached hydrogens (tertiary/aromatic N) is 8. The molecule has 1 saturated carbocycles. The van der Waals surface area contributed by atoms with Crippen molar-refractivity contribution in [2.45, 2.75) is 38.6 Å². The monoisotopic (exact) mass is 460 g/mol. The normalized spacial score (nSPS) is 14.6. The van der Waals surface area contributed by atoms with Gasteiger partial charge in [0.1, 0.15) is 12.0 Å². The molecular weight excluding hydrogens is 440 g/mol. The van der Waals surface area contributed by atoms with Crippen molar-refractivity contribution < 1.29 is 4.79 Å². The molecule has 5 heterocycles. The first-order chi connectivity index (χ1) is 16.1. The number of fused-ring (bicyclic) bond motifs is 1. The number of aromatic nitrogens is 9. The quantitative estimate of drug-likeness (QED) is 0.398. The number of aryl methyl sites for hydroxylation is 1. The molecule has 0 spiro atoms. The van der Waals surface area contributed by atoms with Gasteiger partial charge in [-0.05, 0) is 55.3 Å². The van der Waals surface area contributed by atoms with Gasteiger partial charge in [-0.2, -0.15) is 4.68 Å². The molecule has 0 saturated heterocycles. The van der Waals surface area contributed by atoms with E-state index in [9.17, 15) is 4.79 Å². The number of H-pyrrole nitrogens is 1. The van der Waals surface area contributed by atoms with Gasteiger partial charge in [0, 0.05) is 17.0 Å². The summed E-state index contributed by atoms with van der Waals surface area (Å²) in [5, 5.41) is 23.1. The Bertz CT molecular complexity index is 1460. The second-order valence-corrected chi connectivity index (χ2v) is 9.44. The number of hydrogen-bond donors (Lipinski definition) is 2. The van der Waals surface area contributed by atoms with Crippen LogP contribution in [0, 0.1) is 6.92 Å². The van der Waals surface area contributed by atoms with E-state index in [1.807, 2.05) is 17.5 Å². The summed E-state index contributed by atoms with van der Waals surface area (Å²) in [5.74, 6) is 1.46. The number of carbonyl (C=O) groups is 1. The van der Waals surface area contributed by atoms with Gasteiger partial charge < -0.3 is 10.3 Å². The van der Waals surface area contributed by atoms with Crippen LogP contribution in [-0.4, -0.2) is 50.7 Å². The SMILES string of the molecule is Cc1ccc(-c2cnc3c(-n4nnnc4C4CC4)cc(C(=O)N[C@@H](C)c4nnc[nH]4)cn23)s1. The topological polar surface area (TPSA) is 132 Å². The summed E-state index contributed by atoms with van der Waals surface area (Å²) < 4.78 is 3.65. The van der Waals surface area contributed by atoms with E-state index in [2.05, 4.69) is 60.1 Å². The maximum atomic E-state index is 13.3. The summed E-state index contributed by atoms with van der Waals surface area (Å²) in [5.41, 5.74) is 2.73. The number of imidazole rings is 1. The number of hydrogen-bond acceptors (Lipinski definition) is 8. The van der Waals surface area contributed by atoms with Gasteiger partial charge in [0.2, 0.25) is 0 Å². The third-order valence-electron chi connectivity index (χ3n) is 5.70. The molecule has 1 amide bonds. The van der Waals surface area contributed by atoms with Crippen LogP contribution in [0.25, 0.3) is 21.9 Å². The third-order valence-corrected chi connectivity index (χ3v) is 6.72. The highest BCUT2D eigenvalue weighted by molar-refractivity contribution is 7.15. The Balaban J connectivity index is 1.49. The minimum absolute atomic E-state index is 0.245. The van der Waals surface area contributed by atoms with Gasteiger partial charge in [0.15, 0.2) is 17.3 Å². The summed E-state index contributed by atoms with van der Waals surface area (Å²) in [6, 6.07) is 5.59. The van der Waals surface area contributed by atoms with E-state index >= 15 is 0 Å². The van der Waals surface area contributed by atoms with E-state index in [0.717, 1.165) is 29.2 Å². The number of thiophene rings is 1. The summed E-state index contributed by atoms with van der Waals surface area (Å²) in [4.78, 5) is 23.1. The first-order valence-corrected chi connectivity index (χ1v) is 11.4. The van der Waals surface area contributed by atoms with Gasteiger partial charge in [-0.25, -0.2) is 4.98 Å². The van der Waals surface area contributed by atoms with Gasteiger partial charge in [0.05, 0.1) is 28.4 Å². The summed E-state index contributed by atoms with van der Waals surface area (Å²) in [7, 11) is 0. The van der Waals surface area contributed by atoms with Crippen LogP contribution in [0.1, 0.15) is 58.6 Å². The molecule has 166 valence electrons. The molecule has 5 aromatic heterocycles. The lowest BCUT2D eigenvalue weighted by Crippen LogP contribution is -2.28. The lowest BCUT2D eigenvalue weighted by Gasteiger charge is -2.13. The number of pyridine rings is 1. The highest BCUT2D eigenvalue weighted by atomic mass is 32.1. The zero-order valence-corrected chi connectivity index (χ0v) is 18.7. The predicted molar refractivity (Wildman–Crippen MR) is 120 cm³/mol. The van der Waals surface area contributed by atoms with Crippen molar-refractivity contribution in [3.63, 3.8) is 0 Å². The van der Waals surface area contributed by atoms with Crippen LogP contribution in [0.4, 0.5) is 0 Å². The van der Waals surface area contributed by atoms with Crippen molar-refractivity contribution in [1.29, 1.82) is 0 Å². The number of carbonyl (C=O) groups excluding carboxylic acids is 1. The maximum absolute atomic E-state index is 13.3. The second kappa shape index (κ2) is 7.59. The molecule has 0 radical (unpaired) electrons. The minimum Gasteiger partial charge on any atom is -0.342 e. The van der Waals surface area contributed by atoms with E-state index in [1.54, 1.807) is 28.3 Å². The van der Waals surface area contributed by atoms with E-state index in [1.165, 1.54) is 11.2 Å². The molecule has 1 fully saturated rings. The molecular formula is C21H20N10OS. The van der Waals surface area contributed by atoms with Crippen LogP contribution in [0.2, 0.25) is 0 Å². The van der Waals surface area contributed by atoms with Gasteiger partial charge in [-0.1, -0.05) is 0 Å². The van der Waals surface area contributed by atoms with Gasteiger partial charge in [0.25, 0.3) is 5.91 Å². The van der Waals surface area contributed by atoms with Crippen molar-refractivity contribution >= 4 is 22.9 Å². The summed E-state index contributed by atoms with van der Waals surface area (Å²) >= 11 is 1.68. The highest BCUT2D eigenvalue weighted by Crippen LogP contribution is 2.39. The van der Waals surface area contributed by atoms with Crippen LogP contribution in [0.3, 0.4) is 0 Å². The van der Waals surface area contributed by atoms with E-state index in [0.29, 0.717) is 28.6 Å². The second-order valence-electron chi connectivity index (χ2n) is 8.15. The van der Waals surface area contributed by atoms with Crippen LogP contribution >= 0.6 is 11.3 Å². The predicted octanol–water partition coefficient (Wildman–Crippen LogP) is 2.83. The number of rotatable bonds is 6. The van der Waals surface area contributed by atoms with Crippen molar-refractivity contribution in [3.8, 4) is 16.3 Å². The molecule has 2 N–H and O–H groups in total. The molecule has 6 rings (SSSR count). The Kier molecular flexibility index (Phi) is 4.54. The van der Waals surface area contributed by atoms with Crippen LogP contribution in [-0.2, 0) is 0 Å². The number of tetrazole rings is 1. The fraction of sp³-hybridized carbons (Fsp3) is 0.286. The largest absolute Gasteiger partial charge is 0.342 e. The Labute approximate surface area is 191 Å². The molecule has 0 aromatic carbocycles. The van der Waals surface area contributed by atoms with Crippen LogP contribution in [0.5, 0.6) is 0 Å². The molecule has 0 unspecified atom stereocenters. The lowest BCUT2D eigenvalue weighted by molar-refractivity contribution is 0.0938. The zero-order chi connectivity index (χ0) is 22.5. The standard InChI is InChI=1S/C21H20N10OS/c1-11-3-6-17(33-11)16-8-22-20-15(31-19(13-4-5-13)27-28-29-31)7-14(9-30(16)20)21(32)25-12(2)18-23-10-24-26-18/h3,6-10,12-13H,4-5H2,1-2H3,(H,25,32)(H,23,24,26)/t12-/m0/s1. The van der Waals surface area contributed by atoms with Crippen LogP contribution < -0.4 is 5.32 Å². The Hall–Kier alpha value is -3.93. The molecule has 0 aliphatic heterocycles. The van der Waals surface area contributed by atoms with Crippen molar-refractivity contribution in [2.75, 3.05) is 0 Å². The van der Waals surface area contributed by atoms with Gasteiger partial charge in [-0.15, -0.1) is 26.6 Å². The van der Waals surface area contributed by atoms with E-state index in [-0.39, 0.29) is 11.9 Å². The van der Waals surface area contributed by atoms with Gasteiger partial charge >= 0.3 is 0 Å². The zero-order valence-electron chi connectivity index (χ0n) is 17.9. The number of nitrogens with one attached hydrogen (secondary N) is 2. The molecule has 0 bridgehead atoms. The molecule has 12 heteroatoms. The first kappa shape index (κ1) is 19.7. The number of amides is 1. The fourth-order valence-corrected chi connectivity index (χ4v) is 4.72. The summed E-state index contributed by atoms with van der Waals surface area (Å²) in [6.07, 6.45) is 7.23. The molecule has 33 heavy (non-hydrogen) atoms. The Morgan fingerprint density at radius 3 is 2.91 bits per heavy atom. The van der Waals surface area contributed by atoms with E-state index in [4.69, 9.17) is 0 Å². The Morgan fingerprint density at radius 2 is 2.18 bits per heavy atom. The number of aromatic amines is 1. The van der Waals surface area contributed by atoms with Crippen molar-refractivity contribution in [2.24, 2.45) is 0 Å². The van der Waals surface area contributed by atoms with Crippen molar-refractivity contribution in [3.05, 3.63) is 59.0 Å². The average Bonchev–Trinajstić information content (AvgIpc) is 3.28. The Morgan fingerprint density at radius 1 is 1.30 bits per heavy atom. The summed E-state index contributed by atoms with van der Waals surface area (Å²) in [6.45, 7) is 3.91. The van der Waals surface area contributed by atoms with E-state index < -0.39 is 0 Å². The van der Waals surface area contributed by atoms with Crippen molar-refractivity contribution in [1.82, 2.24) is 50.1 Å². The molecule has 1 aliphatic rings. The fourth-order valence-electron chi connectivity index (χ4n) is 3.84. The molecule has 5 aromatic rings. The average molecular weight is 461 g/mol. The third kappa shape index (κ3) is 3.48. The first-order valence-electron chi connectivity index (χ1n) is 10.6. The smallest absolute Gasteiger partial charge is 0.253 e. The minimum atomic E-state index is -0.337. The molecule has 11 nitrogen and oxygen atoms in total. The van der Waals surface area contributed by atoms with Crippen LogP contribution in [0.15, 0.2) is 36.9 Å².